The predicted molar refractivity (Wildman–Crippen MR) is 136 cm³/mol. The van der Waals surface area contributed by atoms with Crippen LogP contribution in [0.4, 0.5) is 0 Å². The van der Waals surface area contributed by atoms with Gasteiger partial charge in [0.1, 0.15) is 0 Å². The van der Waals surface area contributed by atoms with E-state index in [0.717, 1.165) is 19.4 Å². The molecule has 180 valence electrons. The van der Waals surface area contributed by atoms with E-state index in [1.807, 2.05) is 18.2 Å². The molecular formula is C28H52N2O. The maximum absolute atomic E-state index is 10.1. The fourth-order valence-corrected chi connectivity index (χ4v) is 3.85. The molecule has 0 aliphatic carbocycles. The molecule has 3 nitrogen and oxygen atoms in total. The van der Waals surface area contributed by atoms with Crippen molar-refractivity contribution in [2.45, 2.75) is 135 Å². The lowest BCUT2D eigenvalue weighted by atomic mass is 10.0. The summed E-state index contributed by atoms with van der Waals surface area (Å²) in [7, 11) is 0. The Hall–Kier alpha value is -1.38. The van der Waals surface area contributed by atoms with Gasteiger partial charge in [-0.05, 0) is 18.6 Å². The van der Waals surface area contributed by atoms with E-state index in [2.05, 4.69) is 17.2 Å². The van der Waals surface area contributed by atoms with Crippen LogP contribution in [0.25, 0.3) is 0 Å². The third kappa shape index (κ3) is 28.6. The lowest BCUT2D eigenvalue weighted by molar-refractivity contribution is -0.109. The van der Waals surface area contributed by atoms with Gasteiger partial charge < -0.3 is 5.32 Å². The van der Waals surface area contributed by atoms with Crippen LogP contribution in [-0.4, -0.2) is 17.9 Å². The van der Waals surface area contributed by atoms with Crippen LogP contribution in [0.15, 0.2) is 30.6 Å². The van der Waals surface area contributed by atoms with Gasteiger partial charge >= 0.3 is 0 Å². The van der Waals surface area contributed by atoms with Gasteiger partial charge in [0, 0.05) is 18.9 Å². The first-order valence-electron chi connectivity index (χ1n) is 13.4. The molecule has 0 spiro atoms. The van der Waals surface area contributed by atoms with Crippen LogP contribution in [0.5, 0.6) is 0 Å². The summed E-state index contributed by atoms with van der Waals surface area (Å²) in [4.78, 5) is 13.9. The zero-order valence-corrected chi connectivity index (χ0v) is 20.7. The lowest BCUT2D eigenvalue weighted by Gasteiger charge is -2.04. The third-order valence-electron chi connectivity index (χ3n) is 5.82. The summed E-state index contributed by atoms with van der Waals surface area (Å²) in [6.07, 6.45) is 32.5. The molecule has 0 atom stereocenters. The Morgan fingerprint density at radius 1 is 0.548 bits per heavy atom. The van der Waals surface area contributed by atoms with E-state index in [-0.39, 0.29) is 0 Å². The number of nitrogens with zero attached hydrogens (tertiary/aromatic N) is 1. The van der Waals surface area contributed by atoms with Crippen molar-refractivity contribution >= 4 is 6.41 Å². The number of unbranched alkanes of at least 4 members (excludes halogenated alkanes) is 19. The quantitative estimate of drug-likeness (QED) is 0.147. The summed E-state index contributed by atoms with van der Waals surface area (Å²) in [5, 5.41) is 2.73. The van der Waals surface area contributed by atoms with E-state index in [1.165, 1.54) is 122 Å². The van der Waals surface area contributed by atoms with Crippen LogP contribution >= 0.6 is 0 Å². The smallest absolute Gasteiger partial charge is 0.207 e. The molecule has 1 aromatic rings. The Morgan fingerprint density at radius 2 is 0.903 bits per heavy atom. The molecule has 0 aliphatic rings. The van der Waals surface area contributed by atoms with Gasteiger partial charge in [-0.25, -0.2) is 0 Å². The SMILES string of the molecule is CCCCCCCCCCCCCCCCCCCCCCNC=O.c1ccncc1. The zero-order chi connectivity index (χ0) is 22.5. The Morgan fingerprint density at radius 3 is 1.16 bits per heavy atom. The molecule has 3 heteroatoms. The van der Waals surface area contributed by atoms with Crippen molar-refractivity contribution in [1.82, 2.24) is 10.3 Å². The number of amides is 1. The summed E-state index contributed by atoms with van der Waals surface area (Å²) < 4.78 is 0. The maximum atomic E-state index is 10.1. The first-order chi connectivity index (χ1) is 15.4. The first kappa shape index (κ1) is 29.6. The monoisotopic (exact) mass is 432 g/mol. The van der Waals surface area contributed by atoms with Crippen molar-refractivity contribution in [3.8, 4) is 0 Å². The molecule has 1 heterocycles. The number of carbonyl (C=O) groups excluding carboxylic acids is 1. The molecule has 0 bridgehead atoms. The van der Waals surface area contributed by atoms with Gasteiger partial charge in [0.15, 0.2) is 0 Å². The predicted octanol–water partition coefficient (Wildman–Crippen LogP) is 8.64. The fourth-order valence-electron chi connectivity index (χ4n) is 3.85. The van der Waals surface area contributed by atoms with Crippen molar-refractivity contribution in [2.75, 3.05) is 6.54 Å². The summed E-state index contributed by atoms with van der Waals surface area (Å²) in [6.45, 7) is 3.14. The number of nitrogens with one attached hydrogen (secondary N) is 1. The van der Waals surface area contributed by atoms with Crippen molar-refractivity contribution in [1.29, 1.82) is 0 Å². The molecule has 0 aliphatic heterocycles. The molecule has 1 amide bonds. The highest BCUT2D eigenvalue weighted by Crippen LogP contribution is 2.14. The Labute approximate surface area is 194 Å². The van der Waals surface area contributed by atoms with Gasteiger partial charge in [0.25, 0.3) is 0 Å². The van der Waals surface area contributed by atoms with Gasteiger partial charge in [-0.15, -0.1) is 0 Å². The minimum atomic E-state index is 0.801. The van der Waals surface area contributed by atoms with E-state index in [4.69, 9.17) is 0 Å². The number of pyridine rings is 1. The Kier molecular flexibility index (Phi) is 27.3. The van der Waals surface area contributed by atoms with Crippen LogP contribution in [0, 0.1) is 0 Å². The highest BCUT2D eigenvalue weighted by Gasteiger charge is 1.95. The second kappa shape index (κ2) is 28.6. The van der Waals surface area contributed by atoms with Crippen LogP contribution < -0.4 is 5.32 Å². The molecular weight excluding hydrogens is 380 g/mol. The normalized spacial score (nSPS) is 10.4. The van der Waals surface area contributed by atoms with Crippen LogP contribution in [0.3, 0.4) is 0 Å². The molecule has 1 aromatic heterocycles. The Balaban J connectivity index is 0.00000127. The van der Waals surface area contributed by atoms with Gasteiger partial charge in [0.2, 0.25) is 6.41 Å². The topological polar surface area (TPSA) is 42.0 Å². The lowest BCUT2D eigenvalue weighted by Crippen LogP contribution is -2.11. The van der Waals surface area contributed by atoms with Crippen molar-refractivity contribution in [2.24, 2.45) is 0 Å². The Bertz CT molecular complexity index is 398. The molecule has 0 radical (unpaired) electrons. The molecule has 0 fully saturated rings. The summed E-state index contributed by atoms with van der Waals surface area (Å²) in [6, 6.07) is 5.72. The summed E-state index contributed by atoms with van der Waals surface area (Å²) in [5.74, 6) is 0. The molecule has 31 heavy (non-hydrogen) atoms. The second-order valence-electron chi connectivity index (χ2n) is 8.81. The number of aromatic nitrogens is 1. The largest absolute Gasteiger partial charge is 0.359 e. The summed E-state index contributed by atoms with van der Waals surface area (Å²) in [5.41, 5.74) is 0. The van der Waals surface area contributed by atoms with Gasteiger partial charge in [-0.2, -0.15) is 0 Å². The average Bonchev–Trinajstić information content (AvgIpc) is 2.81. The van der Waals surface area contributed by atoms with Gasteiger partial charge in [-0.3, -0.25) is 9.78 Å². The molecule has 0 aromatic carbocycles. The van der Waals surface area contributed by atoms with Crippen LogP contribution in [0.1, 0.15) is 135 Å². The third-order valence-corrected chi connectivity index (χ3v) is 5.82. The number of hydrogen-bond donors (Lipinski definition) is 1. The fraction of sp³-hybridized carbons (Fsp3) is 0.786. The van der Waals surface area contributed by atoms with Gasteiger partial charge in [0.05, 0.1) is 0 Å². The highest BCUT2D eigenvalue weighted by molar-refractivity contribution is 5.45. The molecule has 1 rings (SSSR count). The van der Waals surface area contributed by atoms with E-state index < -0.39 is 0 Å². The minimum Gasteiger partial charge on any atom is -0.359 e. The summed E-state index contributed by atoms with van der Waals surface area (Å²) >= 11 is 0. The highest BCUT2D eigenvalue weighted by atomic mass is 16.1. The second-order valence-corrected chi connectivity index (χ2v) is 8.81. The van der Waals surface area contributed by atoms with Crippen molar-refractivity contribution in [3.63, 3.8) is 0 Å². The average molecular weight is 433 g/mol. The number of carbonyl (C=O) groups is 1. The van der Waals surface area contributed by atoms with E-state index in [9.17, 15) is 4.79 Å². The number of rotatable bonds is 22. The van der Waals surface area contributed by atoms with Gasteiger partial charge in [-0.1, -0.05) is 135 Å². The minimum absolute atomic E-state index is 0.801. The van der Waals surface area contributed by atoms with Crippen LogP contribution in [-0.2, 0) is 4.79 Å². The molecule has 0 saturated carbocycles. The van der Waals surface area contributed by atoms with E-state index in [0.29, 0.717) is 0 Å². The van der Waals surface area contributed by atoms with E-state index in [1.54, 1.807) is 12.4 Å². The zero-order valence-electron chi connectivity index (χ0n) is 20.7. The number of hydrogen-bond acceptors (Lipinski definition) is 2. The molecule has 0 saturated heterocycles. The standard InChI is InChI=1S/C23H47NO.C5H5N/c1-2-3-4-5-6-7-8-9-10-11-12-13-14-15-16-17-18-19-20-21-22-24-23-25;1-2-4-6-5-3-1/h23H,2-22H2,1H3,(H,24,25);1-5H. The first-order valence-corrected chi connectivity index (χ1v) is 13.4. The van der Waals surface area contributed by atoms with Crippen molar-refractivity contribution < 1.29 is 4.79 Å². The van der Waals surface area contributed by atoms with Crippen LogP contribution in [0.2, 0.25) is 0 Å². The van der Waals surface area contributed by atoms with Crippen molar-refractivity contribution in [3.05, 3.63) is 30.6 Å². The molecule has 0 unspecified atom stereocenters. The van der Waals surface area contributed by atoms with E-state index >= 15 is 0 Å². The molecule has 1 N–H and O–H groups in total. The maximum Gasteiger partial charge on any atom is 0.207 e.